The lowest BCUT2D eigenvalue weighted by molar-refractivity contribution is -0.124. The van der Waals surface area contributed by atoms with Crippen molar-refractivity contribution in [2.45, 2.75) is 70.8 Å². The number of aryl methyl sites for hydroxylation is 1. The van der Waals surface area contributed by atoms with Crippen LogP contribution >= 0.6 is 0 Å². The van der Waals surface area contributed by atoms with E-state index in [2.05, 4.69) is 33.9 Å². The van der Waals surface area contributed by atoms with Gasteiger partial charge in [0.25, 0.3) is 0 Å². The van der Waals surface area contributed by atoms with Gasteiger partial charge >= 0.3 is 0 Å². The first-order chi connectivity index (χ1) is 11.3. The molecule has 3 rings (SSSR count). The summed E-state index contributed by atoms with van der Waals surface area (Å²) in [7, 11) is 0. The fourth-order valence-corrected chi connectivity index (χ4v) is 3.97. The number of nitrogens with zero attached hydrogens (tertiary/aromatic N) is 2. The SMILES string of the molecule is Cc1cnc(CCNC(=O)C2CC=CC2)n1C1CCCCCC1. The van der Waals surface area contributed by atoms with Gasteiger partial charge < -0.3 is 9.88 Å². The quantitative estimate of drug-likeness (QED) is 0.665. The summed E-state index contributed by atoms with van der Waals surface area (Å²) in [5, 5.41) is 3.09. The second-order valence-electron chi connectivity index (χ2n) is 7.01. The first-order valence-electron chi connectivity index (χ1n) is 9.21. The molecule has 0 saturated heterocycles. The number of carbonyl (C=O) groups is 1. The molecule has 1 saturated carbocycles. The molecular weight excluding hydrogens is 286 g/mol. The zero-order valence-electron chi connectivity index (χ0n) is 14.3. The Morgan fingerprint density at radius 2 is 1.91 bits per heavy atom. The first kappa shape index (κ1) is 16.3. The smallest absolute Gasteiger partial charge is 0.223 e. The summed E-state index contributed by atoms with van der Waals surface area (Å²) in [6.45, 7) is 2.85. The third kappa shape index (κ3) is 4.04. The van der Waals surface area contributed by atoms with E-state index in [1.807, 2.05) is 6.20 Å². The van der Waals surface area contributed by atoms with E-state index in [9.17, 15) is 4.79 Å². The average Bonchev–Trinajstić information content (AvgIpc) is 3.12. The molecule has 1 aromatic heterocycles. The highest BCUT2D eigenvalue weighted by molar-refractivity contribution is 5.79. The molecule has 4 nitrogen and oxygen atoms in total. The van der Waals surface area contributed by atoms with E-state index in [4.69, 9.17) is 0 Å². The summed E-state index contributed by atoms with van der Waals surface area (Å²) in [5.74, 6) is 1.48. The van der Waals surface area contributed by atoms with Crippen molar-refractivity contribution in [1.29, 1.82) is 0 Å². The molecule has 1 aromatic rings. The monoisotopic (exact) mass is 315 g/mol. The molecule has 0 spiro atoms. The number of allylic oxidation sites excluding steroid dienone is 2. The summed E-state index contributed by atoms with van der Waals surface area (Å²) in [4.78, 5) is 16.7. The van der Waals surface area contributed by atoms with Gasteiger partial charge in [0.15, 0.2) is 0 Å². The van der Waals surface area contributed by atoms with E-state index < -0.39 is 0 Å². The third-order valence-electron chi connectivity index (χ3n) is 5.27. The Morgan fingerprint density at radius 3 is 2.61 bits per heavy atom. The van der Waals surface area contributed by atoms with Crippen molar-refractivity contribution in [3.8, 4) is 0 Å². The summed E-state index contributed by atoms with van der Waals surface area (Å²) in [5.41, 5.74) is 1.26. The first-order valence-corrected chi connectivity index (χ1v) is 9.21. The van der Waals surface area contributed by atoms with Gasteiger partial charge in [0, 0.05) is 36.8 Å². The maximum absolute atomic E-state index is 12.1. The van der Waals surface area contributed by atoms with Crippen molar-refractivity contribution in [2.75, 3.05) is 6.54 Å². The zero-order valence-corrected chi connectivity index (χ0v) is 14.3. The second kappa shape index (κ2) is 7.80. The molecule has 0 atom stereocenters. The van der Waals surface area contributed by atoms with Crippen molar-refractivity contribution in [2.24, 2.45) is 5.92 Å². The second-order valence-corrected chi connectivity index (χ2v) is 7.01. The normalized spacial score (nSPS) is 19.9. The number of hydrogen-bond donors (Lipinski definition) is 1. The van der Waals surface area contributed by atoms with Crippen LogP contribution < -0.4 is 5.32 Å². The Morgan fingerprint density at radius 1 is 1.22 bits per heavy atom. The molecule has 4 heteroatoms. The maximum atomic E-state index is 12.1. The van der Waals surface area contributed by atoms with Gasteiger partial charge in [0.05, 0.1) is 0 Å². The van der Waals surface area contributed by atoms with Crippen molar-refractivity contribution in [3.05, 3.63) is 29.9 Å². The molecule has 2 aliphatic carbocycles. The fourth-order valence-electron chi connectivity index (χ4n) is 3.97. The van der Waals surface area contributed by atoms with Gasteiger partial charge in [-0.05, 0) is 32.6 Å². The van der Waals surface area contributed by atoms with E-state index in [0.29, 0.717) is 12.6 Å². The molecule has 0 aromatic carbocycles. The highest BCUT2D eigenvalue weighted by Crippen LogP contribution is 2.29. The van der Waals surface area contributed by atoms with Crippen LogP contribution in [0.1, 0.15) is 68.9 Å². The number of amides is 1. The molecule has 1 N–H and O–H groups in total. The van der Waals surface area contributed by atoms with Gasteiger partial charge in [-0.25, -0.2) is 4.98 Å². The lowest BCUT2D eigenvalue weighted by atomic mass is 10.1. The minimum Gasteiger partial charge on any atom is -0.355 e. The van der Waals surface area contributed by atoms with Crippen LogP contribution in [0.2, 0.25) is 0 Å². The van der Waals surface area contributed by atoms with Crippen molar-refractivity contribution in [1.82, 2.24) is 14.9 Å². The molecule has 1 amide bonds. The predicted molar refractivity (Wildman–Crippen MR) is 92.3 cm³/mol. The minimum atomic E-state index is 0.151. The van der Waals surface area contributed by atoms with Crippen LogP contribution in [0.25, 0.3) is 0 Å². The molecule has 0 bridgehead atoms. The number of hydrogen-bond acceptors (Lipinski definition) is 2. The van der Waals surface area contributed by atoms with Crippen molar-refractivity contribution >= 4 is 5.91 Å². The Labute approximate surface area is 139 Å². The van der Waals surface area contributed by atoms with Gasteiger partial charge in [-0.2, -0.15) is 0 Å². The highest BCUT2D eigenvalue weighted by Gasteiger charge is 2.21. The summed E-state index contributed by atoms with van der Waals surface area (Å²) in [6, 6.07) is 0.602. The molecule has 1 fully saturated rings. The molecule has 1 heterocycles. The largest absolute Gasteiger partial charge is 0.355 e. The average molecular weight is 315 g/mol. The highest BCUT2D eigenvalue weighted by atomic mass is 16.1. The maximum Gasteiger partial charge on any atom is 0.223 e. The van der Waals surface area contributed by atoms with Crippen molar-refractivity contribution in [3.63, 3.8) is 0 Å². The fraction of sp³-hybridized carbons (Fsp3) is 0.684. The van der Waals surface area contributed by atoms with Gasteiger partial charge in [-0.15, -0.1) is 0 Å². The van der Waals surface area contributed by atoms with E-state index in [0.717, 1.165) is 25.1 Å². The van der Waals surface area contributed by atoms with E-state index in [1.165, 1.54) is 44.2 Å². The number of aromatic nitrogens is 2. The summed E-state index contributed by atoms with van der Waals surface area (Å²) in [6.07, 6.45) is 16.7. The van der Waals surface area contributed by atoms with Gasteiger partial charge in [0.1, 0.15) is 5.82 Å². The zero-order chi connectivity index (χ0) is 16.1. The Kier molecular flexibility index (Phi) is 5.52. The molecule has 0 unspecified atom stereocenters. The van der Waals surface area contributed by atoms with Crippen LogP contribution in [-0.2, 0) is 11.2 Å². The standard InChI is InChI=1S/C19H29N3O/c1-15-14-21-18(22(15)17-10-4-2-3-5-11-17)12-13-20-19(23)16-8-6-7-9-16/h6-7,14,16-17H,2-5,8-13H2,1H3,(H,20,23). The Bertz CT molecular complexity index is 545. The number of rotatable bonds is 5. The Hall–Kier alpha value is -1.58. The van der Waals surface area contributed by atoms with Crippen molar-refractivity contribution < 1.29 is 4.79 Å². The molecule has 23 heavy (non-hydrogen) atoms. The van der Waals surface area contributed by atoms with Gasteiger partial charge in [0.2, 0.25) is 5.91 Å². The third-order valence-corrected chi connectivity index (χ3v) is 5.27. The summed E-state index contributed by atoms with van der Waals surface area (Å²) >= 11 is 0. The van der Waals surface area contributed by atoms with Crippen LogP contribution in [-0.4, -0.2) is 22.0 Å². The van der Waals surface area contributed by atoms with Crippen LogP contribution in [0.3, 0.4) is 0 Å². The number of nitrogens with one attached hydrogen (secondary N) is 1. The lowest BCUT2D eigenvalue weighted by Crippen LogP contribution is -2.31. The summed E-state index contributed by atoms with van der Waals surface area (Å²) < 4.78 is 2.44. The molecular formula is C19H29N3O. The lowest BCUT2D eigenvalue weighted by Gasteiger charge is -2.21. The van der Waals surface area contributed by atoms with E-state index in [1.54, 1.807) is 0 Å². The van der Waals surface area contributed by atoms with Gasteiger partial charge in [-0.3, -0.25) is 4.79 Å². The van der Waals surface area contributed by atoms with Crippen LogP contribution in [0, 0.1) is 12.8 Å². The predicted octanol–water partition coefficient (Wildman–Crippen LogP) is 3.71. The van der Waals surface area contributed by atoms with E-state index in [-0.39, 0.29) is 11.8 Å². The van der Waals surface area contributed by atoms with Crippen LogP contribution in [0.4, 0.5) is 0 Å². The minimum absolute atomic E-state index is 0.151. The number of carbonyl (C=O) groups excluding carboxylic acids is 1. The van der Waals surface area contributed by atoms with Gasteiger partial charge in [-0.1, -0.05) is 37.8 Å². The molecule has 0 radical (unpaired) electrons. The topological polar surface area (TPSA) is 46.9 Å². The molecule has 0 aliphatic heterocycles. The van der Waals surface area contributed by atoms with Crippen LogP contribution in [0.5, 0.6) is 0 Å². The Balaban J connectivity index is 1.56. The number of imidazole rings is 1. The molecule has 2 aliphatic rings. The van der Waals surface area contributed by atoms with E-state index >= 15 is 0 Å². The molecule has 126 valence electrons. The van der Waals surface area contributed by atoms with Crippen LogP contribution in [0.15, 0.2) is 18.3 Å².